The molecular weight excluding hydrogens is 203 g/mol. The molecule has 1 nitrogen and oxygen atoms in total. The zero-order valence-electron chi connectivity index (χ0n) is 9.37. The summed E-state index contributed by atoms with van der Waals surface area (Å²) in [6, 6.07) is 10.5. The van der Waals surface area contributed by atoms with Gasteiger partial charge in [0.25, 0.3) is 0 Å². The van der Waals surface area contributed by atoms with E-state index in [0.29, 0.717) is 8.58 Å². The van der Waals surface area contributed by atoms with E-state index in [1.54, 1.807) is 6.26 Å². The Kier molecular flexibility index (Phi) is 2.75. The topological polar surface area (TPSA) is 11.3 Å². The minimum Gasteiger partial charge on any atom is -0.346 e. The molecule has 0 bridgehead atoms. The van der Waals surface area contributed by atoms with Gasteiger partial charge in [-0.15, -0.1) is 6.07 Å². The molecule has 0 N–H and O–H groups in total. The van der Waals surface area contributed by atoms with Gasteiger partial charge < -0.3 is 4.42 Å². The molecule has 1 atom stereocenters. The molecule has 2 rings (SSSR count). The highest BCUT2D eigenvalue weighted by atomic mass is 31.1. The van der Waals surface area contributed by atoms with Crippen molar-refractivity contribution >= 4 is 19.4 Å². The van der Waals surface area contributed by atoms with Crippen molar-refractivity contribution in [3.05, 3.63) is 42.2 Å². The van der Waals surface area contributed by atoms with Crippen molar-refractivity contribution in [3.8, 4) is 0 Å². The summed E-state index contributed by atoms with van der Waals surface area (Å²) in [7, 11) is 0.631. The Morgan fingerprint density at radius 2 is 2.13 bits per heavy atom. The van der Waals surface area contributed by atoms with Crippen molar-refractivity contribution in [3.63, 3.8) is 0 Å². The van der Waals surface area contributed by atoms with Gasteiger partial charge >= 0.3 is 0 Å². The van der Waals surface area contributed by atoms with E-state index in [2.05, 4.69) is 51.1 Å². The van der Waals surface area contributed by atoms with Crippen molar-refractivity contribution in [1.29, 1.82) is 0 Å². The van der Waals surface area contributed by atoms with Crippen molar-refractivity contribution in [1.82, 2.24) is 0 Å². The van der Waals surface area contributed by atoms with Crippen LogP contribution in [0.4, 0.5) is 0 Å². The smallest absolute Gasteiger partial charge is 0.227 e. The van der Waals surface area contributed by atoms with E-state index in [0.717, 1.165) is 5.50 Å². The van der Waals surface area contributed by atoms with Gasteiger partial charge in [-0.1, -0.05) is 34.9 Å². The maximum absolute atomic E-state index is 5.58. The lowest BCUT2D eigenvalue weighted by molar-refractivity contribution is 0.568. The second-order valence-electron chi connectivity index (χ2n) is 4.71. The molecule has 80 valence electrons. The molecule has 1 heterocycles. The maximum atomic E-state index is 5.58. The minimum absolute atomic E-state index is 0.169. The molecule has 0 saturated carbocycles. The molecular formula is C13H16OP-. The van der Waals surface area contributed by atoms with E-state index in [9.17, 15) is 0 Å². The Hall–Kier alpha value is -0.940. The van der Waals surface area contributed by atoms with Gasteiger partial charge in [0.2, 0.25) is 5.50 Å². The van der Waals surface area contributed by atoms with Gasteiger partial charge in [0.15, 0.2) is 6.26 Å². The highest BCUT2D eigenvalue weighted by Gasteiger charge is 2.19. The summed E-state index contributed by atoms with van der Waals surface area (Å²) in [6.45, 7) is 6.66. The van der Waals surface area contributed by atoms with Crippen LogP contribution in [-0.2, 0) is 5.41 Å². The number of hydrogen-bond acceptors (Lipinski definition) is 0. The van der Waals surface area contributed by atoms with Crippen LogP contribution in [0.5, 0.6) is 0 Å². The minimum atomic E-state index is 0.169. The Bertz CT molecular complexity index is 418. The first-order valence-corrected chi connectivity index (χ1v) is 6.14. The summed E-state index contributed by atoms with van der Waals surface area (Å²) >= 11 is 0. The summed E-state index contributed by atoms with van der Waals surface area (Å²) in [4.78, 5) is 0. The van der Waals surface area contributed by atoms with Gasteiger partial charge in [0.1, 0.15) is 0 Å². The SMILES string of the molecule is CC(C)(C)c1cc[o+][c-]1Pc1cc[cH-]c1. The molecule has 1 unspecified atom stereocenters. The molecule has 0 aliphatic carbocycles. The summed E-state index contributed by atoms with van der Waals surface area (Å²) in [6.07, 6.45) is 1.80. The van der Waals surface area contributed by atoms with Crippen molar-refractivity contribution in [2.75, 3.05) is 0 Å². The summed E-state index contributed by atoms with van der Waals surface area (Å²) in [5.41, 5.74) is 2.61. The lowest BCUT2D eigenvalue weighted by atomic mass is 9.89. The number of hydrogen-bond donors (Lipinski definition) is 0. The summed E-state index contributed by atoms with van der Waals surface area (Å²) < 4.78 is 5.58. The van der Waals surface area contributed by atoms with Crippen LogP contribution in [0.25, 0.3) is 0 Å². The molecule has 0 spiro atoms. The molecule has 0 saturated heterocycles. The highest BCUT2D eigenvalue weighted by Crippen LogP contribution is 2.25. The third-order valence-electron chi connectivity index (χ3n) is 2.39. The molecule has 15 heavy (non-hydrogen) atoms. The number of furan rings is 1. The van der Waals surface area contributed by atoms with Crippen molar-refractivity contribution < 1.29 is 4.42 Å². The fourth-order valence-corrected chi connectivity index (χ4v) is 2.93. The summed E-state index contributed by atoms with van der Waals surface area (Å²) in [5, 5.41) is 1.34. The van der Waals surface area contributed by atoms with Gasteiger partial charge in [-0.05, 0) is 5.41 Å². The third-order valence-corrected chi connectivity index (χ3v) is 3.63. The Morgan fingerprint density at radius 1 is 1.33 bits per heavy atom. The van der Waals surface area contributed by atoms with Crippen LogP contribution in [-0.4, -0.2) is 0 Å². The predicted octanol–water partition coefficient (Wildman–Crippen LogP) is 2.93. The predicted molar refractivity (Wildman–Crippen MR) is 67.0 cm³/mol. The van der Waals surface area contributed by atoms with E-state index in [1.165, 1.54) is 10.9 Å². The Morgan fingerprint density at radius 3 is 2.73 bits per heavy atom. The maximum Gasteiger partial charge on any atom is 0.227 e. The van der Waals surface area contributed by atoms with E-state index in [1.807, 2.05) is 0 Å². The molecule has 1 aromatic carbocycles. The first-order valence-electron chi connectivity index (χ1n) is 5.14. The first kappa shape index (κ1) is 10.6. The molecule has 0 aliphatic heterocycles. The van der Waals surface area contributed by atoms with Gasteiger partial charge in [0, 0.05) is 0 Å². The van der Waals surface area contributed by atoms with Crippen LogP contribution in [0.1, 0.15) is 26.3 Å². The Balaban J connectivity index is 2.26. The average Bonchev–Trinajstić information content (AvgIpc) is 2.73. The first-order chi connectivity index (χ1) is 7.07. The second kappa shape index (κ2) is 3.90. The average molecular weight is 219 g/mol. The van der Waals surface area contributed by atoms with Crippen LogP contribution in [0.2, 0.25) is 0 Å². The Labute approximate surface area is 92.6 Å². The molecule has 1 aromatic heterocycles. The molecule has 0 fully saturated rings. The largest absolute Gasteiger partial charge is 0.346 e. The van der Waals surface area contributed by atoms with Crippen LogP contribution in [0.15, 0.2) is 41.0 Å². The second-order valence-corrected chi connectivity index (χ2v) is 5.99. The normalized spacial score (nSPS) is 12.7. The van der Waals surface area contributed by atoms with Crippen LogP contribution < -0.4 is 10.8 Å². The van der Waals surface area contributed by atoms with Gasteiger partial charge in [0.05, 0.1) is 0 Å². The fraction of sp³-hybridized carbons (Fsp3) is 0.308. The molecule has 2 aromatic rings. The molecule has 0 aliphatic rings. The van der Waals surface area contributed by atoms with Crippen LogP contribution in [0.3, 0.4) is 0 Å². The van der Waals surface area contributed by atoms with Gasteiger partial charge in [-0.2, -0.15) is 23.5 Å². The van der Waals surface area contributed by atoms with Crippen LogP contribution in [0, 0.1) is 0 Å². The molecule has 0 amide bonds. The van der Waals surface area contributed by atoms with Crippen molar-refractivity contribution in [2.24, 2.45) is 0 Å². The fourth-order valence-electron chi connectivity index (χ4n) is 1.59. The standard InChI is InChI=1S/C13H16OP/c1-13(2,3)11-8-9-14-12(11)15-10-6-4-5-7-10/h4-9,15H,1-3H3/q-1. The molecule has 2 heteroatoms. The van der Waals surface area contributed by atoms with E-state index in [-0.39, 0.29) is 5.41 Å². The lowest BCUT2D eigenvalue weighted by Crippen LogP contribution is -2.18. The van der Waals surface area contributed by atoms with Gasteiger partial charge in [-0.3, -0.25) is 0 Å². The monoisotopic (exact) mass is 219 g/mol. The zero-order chi connectivity index (χ0) is 10.9. The number of rotatable bonds is 2. The van der Waals surface area contributed by atoms with E-state index in [4.69, 9.17) is 4.42 Å². The third kappa shape index (κ3) is 2.35. The zero-order valence-corrected chi connectivity index (χ0v) is 10.4. The highest BCUT2D eigenvalue weighted by molar-refractivity contribution is 7.55. The lowest BCUT2D eigenvalue weighted by Gasteiger charge is -2.19. The van der Waals surface area contributed by atoms with Crippen molar-refractivity contribution in [2.45, 2.75) is 26.2 Å². The van der Waals surface area contributed by atoms with Crippen LogP contribution >= 0.6 is 8.58 Å². The molecule has 0 radical (unpaired) electrons. The van der Waals surface area contributed by atoms with E-state index < -0.39 is 0 Å². The van der Waals surface area contributed by atoms with E-state index >= 15 is 0 Å². The summed E-state index contributed by atoms with van der Waals surface area (Å²) in [5.74, 6) is 0. The van der Waals surface area contributed by atoms with Gasteiger partial charge in [-0.25, -0.2) is 6.07 Å². The quantitative estimate of drug-likeness (QED) is 0.429.